The Balaban J connectivity index is 2.16. The highest BCUT2D eigenvalue weighted by molar-refractivity contribution is 7.89. The molecule has 2 rings (SSSR count). The normalized spacial score (nSPS) is 14.8. The van der Waals surface area contributed by atoms with Gasteiger partial charge < -0.3 is 5.32 Å². The Morgan fingerprint density at radius 1 is 1.00 bits per heavy atom. The molecule has 0 aliphatic heterocycles. The van der Waals surface area contributed by atoms with Gasteiger partial charge in [0.25, 0.3) is 0 Å². The lowest BCUT2D eigenvalue weighted by Gasteiger charge is -2.14. The van der Waals surface area contributed by atoms with Crippen molar-refractivity contribution in [3.05, 3.63) is 52.2 Å². The van der Waals surface area contributed by atoms with Gasteiger partial charge in [-0.2, -0.15) is 11.3 Å². The highest BCUT2D eigenvalue weighted by Gasteiger charge is 2.18. The second-order valence-corrected chi connectivity index (χ2v) is 7.47. The van der Waals surface area contributed by atoms with Gasteiger partial charge in [-0.15, -0.1) is 0 Å². The van der Waals surface area contributed by atoms with Gasteiger partial charge in [0.05, 0.1) is 4.90 Å². The van der Waals surface area contributed by atoms with Crippen LogP contribution in [0.4, 0.5) is 0 Å². The minimum atomic E-state index is -3.50. The number of rotatable bonds is 6. The van der Waals surface area contributed by atoms with Crippen molar-refractivity contribution in [1.29, 1.82) is 0 Å². The molecular weight excluding hydrogens is 304 g/mol. The summed E-state index contributed by atoms with van der Waals surface area (Å²) >= 11 is 1.56. The molecule has 1 aromatic carbocycles. The van der Waals surface area contributed by atoms with Gasteiger partial charge in [0.15, 0.2) is 0 Å². The standard InChI is InChI=1S/C15H20N2O2S2/c1-11(16-3)13-4-6-15(7-5-13)21(18,19)17-12(2)14-8-9-20-10-14/h4-12,16-17H,1-3H3. The monoisotopic (exact) mass is 324 g/mol. The first-order valence-corrected chi connectivity index (χ1v) is 9.18. The van der Waals surface area contributed by atoms with Crippen LogP contribution in [0, 0.1) is 0 Å². The van der Waals surface area contributed by atoms with Gasteiger partial charge in [0.1, 0.15) is 0 Å². The lowest BCUT2D eigenvalue weighted by molar-refractivity contribution is 0.567. The van der Waals surface area contributed by atoms with Crippen LogP contribution in [0.2, 0.25) is 0 Å². The van der Waals surface area contributed by atoms with Crippen LogP contribution in [0.5, 0.6) is 0 Å². The van der Waals surface area contributed by atoms with Gasteiger partial charge in [-0.1, -0.05) is 12.1 Å². The van der Waals surface area contributed by atoms with Crippen LogP contribution in [-0.4, -0.2) is 15.5 Å². The van der Waals surface area contributed by atoms with E-state index in [4.69, 9.17) is 0 Å². The first kappa shape index (κ1) is 16.2. The minimum Gasteiger partial charge on any atom is -0.313 e. The van der Waals surface area contributed by atoms with Gasteiger partial charge in [0, 0.05) is 12.1 Å². The second kappa shape index (κ2) is 6.70. The maximum absolute atomic E-state index is 12.4. The quantitative estimate of drug-likeness (QED) is 0.858. The van der Waals surface area contributed by atoms with Crippen molar-refractivity contribution in [3.8, 4) is 0 Å². The van der Waals surface area contributed by atoms with E-state index < -0.39 is 10.0 Å². The molecule has 0 saturated heterocycles. The molecule has 0 amide bonds. The zero-order valence-electron chi connectivity index (χ0n) is 12.3. The summed E-state index contributed by atoms with van der Waals surface area (Å²) in [5.41, 5.74) is 2.03. The van der Waals surface area contributed by atoms with Crippen LogP contribution >= 0.6 is 11.3 Å². The van der Waals surface area contributed by atoms with Gasteiger partial charge in [-0.25, -0.2) is 13.1 Å². The fourth-order valence-electron chi connectivity index (χ4n) is 1.99. The molecule has 1 aromatic heterocycles. The van der Waals surface area contributed by atoms with Crippen molar-refractivity contribution in [2.24, 2.45) is 0 Å². The van der Waals surface area contributed by atoms with Crippen molar-refractivity contribution in [1.82, 2.24) is 10.0 Å². The average Bonchev–Trinajstić information content (AvgIpc) is 3.00. The van der Waals surface area contributed by atoms with Gasteiger partial charge in [-0.3, -0.25) is 0 Å². The number of hydrogen-bond donors (Lipinski definition) is 2. The van der Waals surface area contributed by atoms with E-state index in [1.54, 1.807) is 23.5 Å². The molecule has 6 heteroatoms. The maximum atomic E-state index is 12.4. The Bertz CT molecular complexity index is 664. The summed E-state index contributed by atoms with van der Waals surface area (Å²) in [7, 11) is -1.63. The Hall–Kier alpha value is -1.21. The topological polar surface area (TPSA) is 58.2 Å². The van der Waals surface area contributed by atoms with Crippen LogP contribution in [-0.2, 0) is 10.0 Å². The third-order valence-electron chi connectivity index (χ3n) is 3.50. The largest absolute Gasteiger partial charge is 0.313 e. The predicted octanol–water partition coefficient (Wildman–Crippen LogP) is 3.07. The fourth-order valence-corrected chi connectivity index (χ4v) is 3.98. The number of thiophene rings is 1. The van der Waals surface area contributed by atoms with Crippen LogP contribution in [0.15, 0.2) is 46.0 Å². The van der Waals surface area contributed by atoms with E-state index in [1.807, 2.05) is 49.9 Å². The van der Waals surface area contributed by atoms with Crippen LogP contribution in [0.1, 0.15) is 37.1 Å². The molecule has 4 nitrogen and oxygen atoms in total. The Kier molecular flexibility index (Phi) is 5.16. The summed E-state index contributed by atoms with van der Waals surface area (Å²) in [4.78, 5) is 0.289. The van der Waals surface area contributed by atoms with Crippen molar-refractivity contribution >= 4 is 21.4 Å². The number of hydrogen-bond acceptors (Lipinski definition) is 4. The van der Waals surface area contributed by atoms with Crippen LogP contribution < -0.4 is 10.0 Å². The summed E-state index contributed by atoms with van der Waals surface area (Å²) in [6.07, 6.45) is 0. The molecule has 0 aliphatic rings. The van der Waals surface area contributed by atoms with Gasteiger partial charge in [-0.05, 0) is 61.0 Å². The maximum Gasteiger partial charge on any atom is 0.241 e. The molecule has 1 heterocycles. The molecule has 114 valence electrons. The molecule has 2 atom stereocenters. The Morgan fingerprint density at radius 2 is 1.67 bits per heavy atom. The van der Waals surface area contributed by atoms with Crippen molar-refractivity contribution < 1.29 is 8.42 Å². The highest BCUT2D eigenvalue weighted by atomic mass is 32.2. The zero-order chi connectivity index (χ0) is 15.5. The summed E-state index contributed by atoms with van der Waals surface area (Å²) in [6, 6.07) is 8.85. The fraction of sp³-hybridized carbons (Fsp3) is 0.333. The van der Waals surface area contributed by atoms with E-state index in [-0.39, 0.29) is 17.0 Å². The molecule has 0 saturated carbocycles. The highest BCUT2D eigenvalue weighted by Crippen LogP contribution is 2.20. The third-order valence-corrected chi connectivity index (χ3v) is 5.76. The average molecular weight is 324 g/mol. The number of benzene rings is 1. The zero-order valence-corrected chi connectivity index (χ0v) is 14.0. The SMILES string of the molecule is CNC(C)c1ccc(S(=O)(=O)NC(C)c2ccsc2)cc1. The van der Waals surface area contributed by atoms with E-state index >= 15 is 0 Å². The number of sulfonamides is 1. The summed E-state index contributed by atoms with van der Waals surface area (Å²) in [6.45, 7) is 3.87. The van der Waals surface area contributed by atoms with Crippen molar-refractivity contribution in [2.45, 2.75) is 30.8 Å². The van der Waals surface area contributed by atoms with Gasteiger partial charge in [0.2, 0.25) is 10.0 Å². The van der Waals surface area contributed by atoms with E-state index in [1.165, 1.54) is 0 Å². The van der Waals surface area contributed by atoms with E-state index in [2.05, 4.69) is 10.0 Å². The first-order chi connectivity index (χ1) is 9.94. The Labute approximate surface area is 130 Å². The third kappa shape index (κ3) is 3.91. The Morgan fingerprint density at radius 3 is 2.19 bits per heavy atom. The number of nitrogens with one attached hydrogen (secondary N) is 2. The molecule has 21 heavy (non-hydrogen) atoms. The molecule has 2 unspecified atom stereocenters. The molecule has 0 fully saturated rings. The smallest absolute Gasteiger partial charge is 0.241 e. The molecule has 2 N–H and O–H groups in total. The second-order valence-electron chi connectivity index (χ2n) is 4.98. The van der Waals surface area contributed by atoms with E-state index in [0.717, 1.165) is 11.1 Å². The molecule has 0 bridgehead atoms. The van der Waals surface area contributed by atoms with Crippen molar-refractivity contribution in [3.63, 3.8) is 0 Å². The lowest BCUT2D eigenvalue weighted by atomic mass is 10.1. The summed E-state index contributed by atoms with van der Waals surface area (Å²) < 4.78 is 27.4. The molecule has 0 radical (unpaired) electrons. The molecule has 0 spiro atoms. The first-order valence-electron chi connectivity index (χ1n) is 6.75. The molecule has 0 aliphatic carbocycles. The minimum absolute atomic E-state index is 0.194. The summed E-state index contributed by atoms with van der Waals surface area (Å²) in [5, 5.41) is 7.01. The predicted molar refractivity (Wildman–Crippen MR) is 87.0 cm³/mol. The van der Waals surface area contributed by atoms with Crippen molar-refractivity contribution in [2.75, 3.05) is 7.05 Å². The summed E-state index contributed by atoms with van der Waals surface area (Å²) in [5.74, 6) is 0. The molecule has 2 aromatic rings. The van der Waals surface area contributed by atoms with Crippen LogP contribution in [0.3, 0.4) is 0 Å². The lowest BCUT2D eigenvalue weighted by Crippen LogP contribution is -2.26. The van der Waals surface area contributed by atoms with Crippen LogP contribution in [0.25, 0.3) is 0 Å². The van der Waals surface area contributed by atoms with E-state index in [0.29, 0.717) is 0 Å². The van der Waals surface area contributed by atoms with Gasteiger partial charge >= 0.3 is 0 Å². The molecular formula is C15H20N2O2S2. The van der Waals surface area contributed by atoms with E-state index in [9.17, 15) is 8.42 Å².